The van der Waals surface area contributed by atoms with Crippen molar-refractivity contribution < 1.29 is 4.79 Å². The van der Waals surface area contributed by atoms with Crippen molar-refractivity contribution in [3.05, 3.63) is 35.4 Å². The second-order valence-electron chi connectivity index (χ2n) is 5.40. The summed E-state index contributed by atoms with van der Waals surface area (Å²) in [5, 5.41) is 3.09. The minimum absolute atomic E-state index is 0. The highest BCUT2D eigenvalue weighted by atomic mass is 35.5. The molecule has 4 heteroatoms. The quantitative estimate of drug-likeness (QED) is 0.872. The molecule has 19 heavy (non-hydrogen) atoms. The lowest BCUT2D eigenvalue weighted by molar-refractivity contribution is 0.0898. The van der Waals surface area contributed by atoms with E-state index in [4.69, 9.17) is 5.73 Å². The third-order valence-corrected chi connectivity index (χ3v) is 3.93. The van der Waals surface area contributed by atoms with Gasteiger partial charge in [0.05, 0.1) is 5.54 Å². The largest absolute Gasteiger partial charge is 0.345 e. The maximum atomic E-state index is 12.2. The van der Waals surface area contributed by atoms with Crippen LogP contribution in [0.1, 0.15) is 42.6 Å². The molecule has 1 fully saturated rings. The Morgan fingerprint density at radius 2 is 1.95 bits per heavy atom. The average molecular weight is 283 g/mol. The smallest absolute Gasteiger partial charge is 0.251 e. The number of nitrogens with two attached hydrogens (primary N) is 1. The number of hydrogen-bond acceptors (Lipinski definition) is 2. The molecule has 3 nitrogen and oxygen atoms in total. The van der Waals surface area contributed by atoms with Crippen molar-refractivity contribution in [2.24, 2.45) is 11.7 Å². The number of rotatable bonds is 5. The van der Waals surface area contributed by atoms with Crippen LogP contribution in [0.2, 0.25) is 0 Å². The highest BCUT2D eigenvalue weighted by molar-refractivity contribution is 5.94. The fourth-order valence-electron chi connectivity index (χ4n) is 2.26. The zero-order valence-electron chi connectivity index (χ0n) is 11.6. The molecule has 0 spiro atoms. The Morgan fingerprint density at radius 1 is 1.37 bits per heavy atom. The summed E-state index contributed by atoms with van der Waals surface area (Å²) in [5.74, 6) is 0.527. The lowest BCUT2D eigenvalue weighted by Crippen LogP contribution is -2.53. The van der Waals surface area contributed by atoms with Crippen molar-refractivity contribution in [2.45, 2.75) is 38.6 Å². The highest BCUT2D eigenvalue weighted by Gasteiger charge is 2.41. The molecule has 0 bridgehead atoms. The molecule has 1 unspecified atom stereocenters. The first kappa shape index (κ1) is 16.0. The fourth-order valence-corrected chi connectivity index (χ4v) is 2.26. The standard InChI is InChI=1S/C15H22N2O.ClH/c1-3-11-4-6-12(7-5-11)14(18)17-15(2,10-16)13-8-9-13;/h4-7,13H,3,8-10,16H2,1-2H3,(H,17,18);1H. The van der Waals surface area contributed by atoms with Crippen LogP contribution in [0, 0.1) is 5.92 Å². The molecule has 0 saturated heterocycles. The van der Waals surface area contributed by atoms with Crippen molar-refractivity contribution in [3.63, 3.8) is 0 Å². The first-order valence-corrected chi connectivity index (χ1v) is 6.70. The van der Waals surface area contributed by atoms with Crippen LogP contribution in [0.5, 0.6) is 0 Å². The van der Waals surface area contributed by atoms with Gasteiger partial charge < -0.3 is 11.1 Å². The van der Waals surface area contributed by atoms with E-state index in [1.165, 1.54) is 18.4 Å². The van der Waals surface area contributed by atoms with Crippen LogP contribution in [0.25, 0.3) is 0 Å². The topological polar surface area (TPSA) is 55.1 Å². The van der Waals surface area contributed by atoms with Gasteiger partial charge in [0.1, 0.15) is 0 Å². The van der Waals surface area contributed by atoms with Crippen LogP contribution >= 0.6 is 12.4 Å². The van der Waals surface area contributed by atoms with E-state index >= 15 is 0 Å². The minimum atomic E-state index is -0.249. The molecular weight excluding hydrogens is 260 g/mol. The van der Waals surface area contributed by atoms with Gasteiger partial charge in [0.15, 0.2) is 0 Å². The number of halogens is 1. The van der Waals surface area contributed by atoms with E-state index in [2.05, 4.69) is 12.2 Å². The second-order valence-corrected chi connectivity index (χ2v) is 5.40. The van der Waals surface area contributed by atoms with Crippen molar-refractivity contribution >= 4 is 18.3 Å². The third kappa shape index (κ3) is 3.71. The number of hydrogen-bond donors (Lipinski definition) is 2. The van der Waals surface area contributed by atoms with Crippen LogP contribution in [0.4, 0.5) is 0 Å². The number of amides is 1. The van der Waals surface area contributed by atoms with Crippen LogP contribution in [0.3, 0.4) is 0 Å². The van der Waals surface area contributed by atoms with Crippen LogP contribution in [0.15, 0.2) is 24.3 Å². The summed E-state index contributed by atoms with van der Waals surface area (Å²) in [6, 6.07) is 7.79. The van der Waals surface area contributed by atoms with Gasteiger partial charge in [-0.05, 0) is 49.8 Å². The van der Waals surface area contributed by atoms with E-state index in [-0.39, 0.29) is 23.9 Å². The molecule has 3 N–H and O–H groups in total. The van der Waals surface area contributed by atoms with Gasteiger partial charge >= 0.3 is 0 Å². The first-order valence-electron chi connectivity index (χ1n) is 6.70. The second kappa shape index (κ2) is 6.40. The Balaban J connectivity index is 0.00000180. The van der Waals surface area contributed by atoms with E-state index in [0.29, 0.717) is 18.0 Å². The Bertz CT molecular complexity index is 428. The van der Waals surface area contributed by atoms with Crippen molar-refractivity contribution in [2.75, 3.05) is 6.54 Å². The van der Waals surface area contributed by atoms with Gasteiger partial charge in [-0.15, -0.1) is 12.4 Å². The zero-order valence-corrected chi connectivity index (χ0v) is 12.4. The number of carbonyl (C=O) groups excluding carboxylic acids is 1. The molecule has 2 rings (SSSR count). The van der Waals surface area contributed by atoms with Crippen molar-refractivity contribution in [1.82, 2.24) is 5.32 Å². The molecule has 0 radical (unpaired) electrons. The molecule has 0 aliphatic heterocycles. The predicted octanol–water partition coefficient (Wildman–Crippen LogP) is 2.53. The molecular formula is C15H23ClN2O. The molecule has 1 atom stereocenters. The number of benzene rings is 1. The van der Waals surface area contributed by atoms with E-state index in [0.717, 1.165) is 6.42 Å². The summed E-state index contributed by atoms with van der Waals surface area (Å²) in [6.45, 7) is 4.65. The Labute approximate surface area is 121 Å². The molecule has 1 aromatic rings. The summed E-state index contributed by atoms with van der Waals surface area (Å²) in [6.07, 6.45) is 3.33. The van der Waals surface area contributed by atoms with Crippen LogP contribution in [-0.2, 0) is 6.42 Å². The van der Waals surface area contributed by atoms with Gasteiger partial charge in [-0.1, -0.05) is 19.1 Å². The van der Waals surface area contributed by atoms with Gasteiger partial charge in [-0.25, -0.2) is 0 Å². The molecule has 106 valence electrons. The SMILES string of the molecule is CCc1ccc(C(=O)NC(C)(CN)C2CC2)cc1.Cl. The van der Waals surface area contributed by atoms with Gasteiger partial charge in [0, 0.05) is 12.1 Å². The highest BCUT2D eigenvalue weighted by Crippen LogP contribution is 2.39. The molecule has 0 aromatic heterocycles. The molecule has 0 heterocycles. The van der Waals surface area contributed by atoms with E-state index < -0.39 is 0 Å². The normalized spacial score (nSPS) is 17.2. The molecule has 1 aliphatic rings. The average Bonchev–Trinajstić information content (AvgIpc) is 3.23. The number of nitrogens with one attached hydrogen (secondary N) is 1. The van der Waals surface area contributed by atoms with E-state index in [1.54, 1.807) is 0 Å². The Morgan fingerprint density at radius 3 is 2.37 bits per heavy atom. The Hall–Kier alpha value is -1.06. The zero-order chi connectivity index (χ0) is 13.2. The maximum absolute atomic E-state index is 12.2. The van der Waals surface area contributed by atoms with Gasteiger partial charge in [0.2, 0.25) is 0 Å². The predicted molar refractivity (Wildman–Crippen MR) is 80.7 cm³/mol. The lowest BCUT2D eigenvalue weighted by atomic mass is 9.95. The monoisotopic (exact) mass is 282 g/mol. The fraction of sp³-hybridized carbons (Fsp3) is 0.533. The maximum Gasteiger partial charge on any atom is 0.251 e. The summed E-state index contributed by atoms with van der Waals surface area (Å²) < 4.78 is 0. The minimum Gasteiger partial charge on any atom is -0.345 e. The lowest BCUT2D eigenvalue weighted by Gasteiger charge is -2.29. The van der Waals surface area contributed by atoms with E-state index in [1.807, 2.05) is 31.2 Å². The summed E-state index contributed by atoms with van der Waals surface area (Å²) in [4.78, 5) is 12.2. The molecule has 1 aromatic carbocycles. The van der Waals surface area contributed by atoms with Gasteiger partial charge in [-0.2, -0.15) is 0 Å². The van der Waals surface area contributed by atoms with Crippen LogP contribution in [-0.4, -0.2) is 18.0 Å². The summed E-state index contributed by atoms with van der Waals surface area (Å²) >= 11 is 0. The third-order valence-electron chi connectivity index (χ3n) is 3.93. The molecule has 1 aliphatic carbocycles. The molecule has 1 saturated carbocycles. The van der Waals surface area contributed by atoms with Crippen molar-refractivity contribution in [1.29, 1.82) is 0 Å². The Kier molecular flexibility index (Phi) is 5.39. The summed E-state index contributed by atoms with van der Waals surface area (Å²) in [5.41, 5.74) is 7.52. The van der Waals surface area contributed by atoms with Gasteiger partial charge in [-0.3, -0.25) is 4.79 Å². The van der Waals surface area contributed by atoms with Crippen LogP contribution < -0.4 is 11.1 Å². The van der Waals surface area contributed by atoms with E-state index in [9.17, 15) is 4.79 Å². The van der Waals surface area contributed by atoms with Crippen molar-refractivity contribution in [3.8, 4) is 0 Å². The molecule has 1 amide bonds. The van der Waals surface area contributed by atoms with Gasteiger partial charge in [0.25, 0.3) is 5.91 Å². The first-order chi connectivity index (χ1) is 8.59. The number of carbonyl (C=O) groups is 1. The number of aryl methyl sites for hydroxylation is 1. The summed E-state index contributed by atoms with van der Waals surface area (Å²) in [7, 11) is 0.